The summed E-state index contributed by atoms with van der Waals surface area (Å²) in [5, 5.41) is 0. The molecule has 0 aliphatic rings. The first kappa shape index (κ1) is 22.0. The van der Waals surface area contributed by atoms with Gasteiger partial charge in [0.25, 0.3) is 0 Å². The lowest BCUT2D eigenvalue weighted by atomic mass is 11.2. The summed E-state index contributed by atoms with van der Waals surface area (Å²) in [4.78, 5) is 33.7. The first-order valence-electron chi connectivity index (χ1n) is 4.90. The number of rotatable bonds is 4. The first-order chi connectivity index (χ1) is 10.4. The van der Waals surface area contributed by atoms with Crippen LogP contribution in [0.1, 0.15) is 0 Å². The van der Waals surface area contributed by atoms with E-state index in [0.717, 1.165) is 0 Å². The Morgan fingerprint density at radius 3 is 0.958 bits per heavy atom. The lowest BCUT2D eigenvalue weighted by Crippen LogP contribution is -2.64. The molecule has 0 aromatic carbocycles. The first-order valence-corrected chi connectivity index (χ1v) is 6.81. The molecule has 0 saturated carbocycles. The molecule has 0 radical (unpaired) electrons. The Hall–Kier alpha value is -2.04. The van der Waals surface area contributed by atoms with Crippen LogP contribution in [0.25, 0.3) is 0 Å². The van der Waals surface area contributed by atoms with Crippen LogP contribution in [0, 0.1) is 0 Å². The molecule has 0 rings (SSSR count). The Kier molecular flexibility index (Phi) is 6.25. The van der Waals surface area contributed by atoms with Gasteiger partial charge in [-0.1, -0.05) is 0 Å². The molecule has 0 saturated heterocycles. The molecule has 0 unspecified atom stereocenters. The van der Waals surface area contributed by atoms with Crippen molar-refractivity contribution in [2.45, 2.75) is 19.1 Å². The monoisotopic (exact) mass is 398 g/mol. The Morgan fingerprint density at radius 1 is 0.625 bits per heavy atom. The molecule has 0 N–H and O–H groups in total. The minimum Gasteiger partial charge on any atom is -0.395 e. The standard InChI is InChI=1S/C7H3F9O7Si/c1-20-24(2(17)21-5(8,9)10,3(18)22-6(11,12)13)4(19)23-7(14,15)16/h1H3. The van der Waals surface area contributed by atoms with Crippen molar-refractivity contribution in [1.82, 2.24) is 0 Å². The maximum absolute atomic E-state index is 12.0. The number of hydrogen-bond acceptors (Lipinski definition) is 7. The number of halogens is 9. The predicted molar refractivity (Wildman–Crippen MR) is 50.4 cm³/mol. The van der Waals surface area contributed by atoms with Gasteiger partial charge in [0.05, 0.1) is 0 Å². The summed E-state index contributed by atoms with van der Waals surface area (Å²) >= 11 is 0. The largest absolute Gasteiger partial charge is 0.574 e. The van der Waals surface area contributed by atoms with Gasteiger partial charge in [-0.05, 0) is 0 Å². The number of carbonyl (C=O) groups excluding carboxylic acids is 3. The zero-order valence-corrected chi connectivity index (χ0v) is 11.8. The van der Waals surface area contributed by atoms with Crippen LogP contribution >= 0.6 is 0 Å². The van der Waals surface area contributed by atoms with Crippen LogP contribution < -0.4 is 0 Å². The second-order valence-electron chi connectivity index (χ2n) is 3.39. The summed E-state index contributed by atoms with van der Waals surface area (Å²) in [6.45, 7) is 0. The summed E-state index contributed by atoms with van der Waals surface area (Å²) in [6.07, 6.45) is -17.9. The third-order valence-electron chi connectivity index (χ3n) is 1.79. The van der Waals surface area contributed by atoms with E-state index in [4.69, 9.17) is 0 Å². The van der Waals surface area contributed by atoms with Gasteiger partial charge < -0.3 is 18.6 Å². The zero-order valence-electron chi connectivity index (χ0n) is 10.8. The van der Waals surface area contributed by atoms with Gasteiger partial charge in [-0.15, -0.1) is 39.5 Å². The molecule has 0 atom stereocenters. The summed E-state index contributed by atoms with van der Waals surface area (Å²) in [5.41, 5.74) is -9.50. The Morgan fingerprint density at radius 2 is 0.833 bits per heavy atom. The van der Waals surface area contributed by atoms with E-state index in [1.54, 1.807) is 0 Å². The van der Waals surface area contributed by atoms with E-state index in [0.29, 0.717) is 0 Å². The van der Waals surface area contributed by atoms with E-state index < -0.39 is 44.2 Å². The highest BCUT2D eigenvalue weighted by Gasteiger charge is 2.70. The van der Waals surface area contributed by atoms with Gasteiger partial charge in [0.15, 0.2) is 0 Å². The summed E-state index contributed by atoms with van der Waals surface area (Å²) in [5.74, 6) is 0. The average Bonchev–Trinajstić information content (AvgIpc) is 2.22. The van der Waals surface area contributed by atoms with E-state index in [9.17, 15) is 53.9 Å². The van der Waals surface area contributed by atoms with E-state index in [2.05, 4.69) is 18.6 Å². The zero-order chi connectivity index (χ0) is 19.6. The van der Waals surface area contributed by atoms with Gasteiger partial charge in [0.1, 0.15) is 0 Å². The highest BCUT2D eigenvalue weighted by Crippen LogP contribution is 2.29. The molecule has 0 spiro atoms. The smallest absolute Gasteiger partial charge is 0.395 e. The minimum absolute atomic E-state index is 0.0130. The number of ether oxygens (including phenoxy) is 3. The van der Waals surface area contributed by atoms with Gasteiger partial charge >= 0.3 is 44.2 Å². The number of carbonyl (C=O) groups is 3. The van der Waals surface area contributed by atoms with Gasteiger partial charge in [0, 0.05) is 7.11 Å². The molecule has 0 aliphatic carbocycles. The quantitative estimate of drug-likeness (QED) is 0.408. The van der Waals surface area contributed by atoms with Crippen LogP contribution in [0.5, 0.6) is 0 Å². The van der Waals surface area contributed by atoms with Crippen LogP contribution in [0.4, 0.5) is 53.9 Å². The summed E-state index contributed by atoms with van der Waals surface area (Å²) in [7, 11) is -6.64. The molecular formula is C7H3F9O7Si. The topological polar surface area (TPSA) is 88.1 Å². The molecule has 24 heavy (non-hydrogen) atoms. The summed E-state index contributed by atoms with van der Waals surface area (Å²) < 4.78 is 119. The molecule has 0 amide bonds. The molecular weight excluding hydrogens is 395 g/mol. The van der Waals surface area contributed by atoms with Crippen LogP contribution in [0.15, 0.2) is 0 Å². The van der Waals surface area contributed by atoms with Crippen molar-refractivity contribution >= 4 is 25.1 Å². The molecule has 0 aliphatic heterocycles. The SMILES string of the molecule is CO[Si](C(=O)OC(F)(F)F)(C(=O)OC(F)(F)F)C(=O)OC(F)(F)F. The van der Waals surface area contributed by atoms with E-state index in [-0.39, 0.29) is 7.11 Å². The third-order valence-corrected chi connectivity index (χ3v) is 4.44. The van der Waals surface area contributed by atoms with Crippen molar-refractivity contribution in [1.29, 1.82) is 0 Å². The van der Waals surface area contributed by atoms with Gasteiger partial charge in [-0.2, -0.15) is 0 Å². The second kappa shape index (κ2) is 6.83. The molecule has 0 heterocycles. The van der Waals surface area contributed by atoms with Crippen molar-refractivity contribution in [2.24, 2.45) is 0 Å². The van der Waals surface area contributed by atoms with Crippen molar-refractivity contribution < 1.29 is 72.5 Å². The fraction of sp³-hybridized carbons (Fsp3) is 0.571. The van der Waals surface area contributed by atoms with Crippen LogP contribution in [-0.4, -0.2) is 51.3 Å². The van der Waals surface area contributed by atoms with Gasteiger partial charge in [-0.3, -0.25) is 14.4 Å². The Labute approximate surface area is 125 Å². The Balaban J connectivity index is 5.99. The summed E-state index contributed by atoms with van der Waals surface area (Å²) in [6, 6.07) is 0. The van der Waals surface area contributed by atoms with Crippen LogP contribution in [-0.2, 0) is 18.6 Å². The second-order valence-corrected chi connectivity index (χ2v) is 6.39. The Bertz CT molecular complexity index is 439. The van der Waals surface area contributed by atoms with Crippen molar-refractivity contribution in [3.63, 3.8) is 0 Å². The molecule has 0 fully saturated rings. The fourth-order valence-corrected chi connectivity index (χ4v) is 2.81. The highest BCUT2D eigenvalue weighted by atomic mass is 28.4. The molecule has 140 valence electrons. The van der Waals surface area contributed by atoms with Gasteiger partial charge in [-0.25, -0.2) is 0 Å². The predicted octanol–water partition coefficient (Wildman–Crippen LogP) is 3.29. The average molecular weight is 398 g/mol. The third kappa shape index (κ3) is 6.22. The van der Waals surface area contributed by atoms with E-state index in [1.165, 1.54) is 0 Å². The molecule has 0 aromatic heterocycles. The maximum atomic E-state index is 12.0. The van der Waals surface area contributed by atoms with Crippen molar-refractivity contribution in [3.05, 3.63) is 0 Å². The fourth-order valence-electron chi connectivity index (χ4n) is 1.03. The van der Waals surface area contributed by atoms with E-state index >= 15 is 0 Å². The van der Waals surface area contributed by atoms with Gasteiger partial charge in [0.2, 0.25) is 0 Å². The minimum atomic E-state index is -6.65. The number of hydrogen-bond donors (Lipinski definition) is 0. The van der Waals surface area contributed by atoms with Crippen molar-refractivity contribution in [2.75, 3.05) is 7.11 Å². The maximum Gasteiger partial charge on any atom is 0.574 e. The molecule has 0 bridgehead atoms. The normalized spacial score (nSPS) is 13.2. The van der Waals surface area contributed by atoms with E-state index in [1.807, 2.05) is 0 Å². The van der Waals surface area contributed by atoms with Crippen LogP contribution in [0.2, 0.25) is 0 Å². The number of alkyl halides is 9. The molecule has 17 heteroatoms. The highest BCUT2D eigenvalue weighted by molar-refractivity contribution is 7.35. The molecule has 0 aromatic rings. The lowest BCUT2D eigenvalue weighted by molar-refractivity contribution is -0.290. The molecule has 7 nitrogen and oxygen atoms in total. The van der Waals surface area contributed by atoms with Crippen molar-refractivity contribution in [3.8, 4) is 0 Å². The lowest BCUT2D eigenvalue weighted by Gasteiger charge is -2.23. The van der Waals surface area contributed by atoms with Crippen LogP contribution in [0.3, 0.4) is 0 Å².